The lowest BCUT2D eigenvalue weighted by molar-refractivity contribution is 1.10. The summed E-state index contributed by atoms with van der Waals surface area (Å²) in [6.45, 7) is 17.0. The van der Waals surface area contributed by atoms with Crippen molar-refractivity contribution in [1.82, 2.24) is 9.97 Å². The standard InChI is InChI=1S/C29H31N5.C3H4/c1-4-6-8-13-21(3)20-32-29-27-24(22-14-9-7-10-15-22)16-11-17-26(27)33-28(34-29)25(12-5-2)23(18-30)19-31;1-3-2/h4-18H,2-3,19-20,30-31H2,1H3,(H,32,33,34);1-2H2/b6-4-,13-8-,23-18-,25-12+;. The Morgan fingerprint density at radius 2 is 1.78 bits per heavy atom. The van der Waals surface area contributed by atoms with Crippen molar-refractivity contribution < 1.29 is 0 Å². The number of hydrogen-bond acceptors (Lipinski definition) is 5. The summed E-state index contributed by atoms with van der Waals surface area (Å²) >= 11 is 0. The molecule has 0 radical (unpaired) electrons. The molecule has 0 saturated heterocycles. The van der Waals surface area contributed by atoms with Gasteiger partial charge in [-0.25, -0.2) is 9.97 Å². The molecule has 1 aromatic heterocycles. The molecule has 0 unspecified atom stereocenters. The monoisotopic (exact) mass is 489 g/mol. The van der Waals surface area contributed by atoms with Gasteiger partial charge in [0, 0.05) is 18.7 Å². The molecule has 2 aromatic carbocycles. The molecule has 0 aliphatic carbocycles. The topological polar surface area (TPSA) is 89.9 Å². The number of aromatic nitrogens is 2. The third-order valence-corrected chi connectivity index (χ3v) is 5.22. The van der Waals surface area contributed by atoms with Crippen LogP contribution in [-0.4, -0.2) is 23.1 Å². The number of nitrogens with zero attached hydrogens (tertiary/aromatic N) is 2. The molecule has 0 aliphatic rings. The lowest BCUT2D eigenvalue weighted by atomic mass is 10.00. The van der Waals surface area contributed by atoms with Crippen LogP contribution in [0.3, 0.4) is 0 Å². The minimum atomic E-state index is 0.261. The van der Waals surface area contributed by atoms with Gasteiger partial charge in [-0.2, -0.15) is 0 Å². The Morgan fingerprint density at radius 3 is 2.41 bits per heavy atom. The number of hydrogen-bond donors (Lipinski definition) is 3. The van der Waals surface area contributed by atoms with Crippen LogP contribution >= 0.6 is 0 Å². The van der Waals surface area contributed by atoms with Crippen LogP contribution in [0.5, 0.6) is 0 Å². The van der Waals surface area contributed by atoms with Crippen molar-refractivity contribution in [2.24, 2.45) is 11.5 Å². The van der Waals surface area contributed by atoms with Gasteiger partial charge in [-0.3, -0.25) is 0 Å². The summed E-state index contributed by atoms with van der Waals surface area (Å²) in [7, 11) is 0. The SMILES string of the molecule is C=C/C=C(\C(=C/N)CN)c1nc(NCC(=C)/C=C\C=C/C)c2c(-c3ccccc3)cccc2n1.C=C=C. The normalized spacial score (nSPS) is 11.7. The molecule has 5 heteroatoms. The smallest absolute Gasteiger partial charge is 0.162 e. The van der Waals surface area contributed by atoms with Gasteiger partial charge in [0.25, 0.3) is 0 Å². The van der Waals surface area contributed by atoms with E-state index in [0.29, 0.717) is 18.2 Å². The van der Waals surface area contributed by atoms with Crippen molar-refractivity contribution >= 4 is 22.3 Å². The van der Waals surface area contributed by atoms with Crippen LogP contribution in [0.15, 0.2) is 134 Å². The predicted molar refractivity (Wildman–Crippen MR) is 161 cm³/mol. The second kappa shape index (κ2) is 15.3. The highest BCUT2D eigenvalue weighted by molar-refractivity contribution is 6.02. The highest BCUT2D eigenvalue weighted by Crippen LogP contribution is 2.34. The first-order valence-corrected chi connectivity index (χ1v) is 11.8. The average molecular weight is 490 g/mol. The Morgan fingerprint density at radius 1 is 1.05 bits per heavy atom. The number of allylic oxidation sites excluding steroid dienone is 5. The van der Waals surface area contributed by atoms with E-state index in [1.807, 2.05) is 67.6 Å². The average Bonchev–Trinajstić information content (AvgIpc) is 2.92. The molecule has 0 atom stereocenters. The van der Waals surface area contributed by atoms with E-state index in [1.54, 1.807) is 6.08 Å². The van der Waals surface area contributed by atoms with Crippen LogP contribution in [0.25, 0.3) is 27.6 Å². The first-order chi connectivity index (χ1) is 18.0. The van der Waals surface area contributed by atoms with E-state index in [-0.39, 0.29) is 6.54 Å². The molecule has 3 rings (SSSR count). The minimum Gasteiger partial charge on any atom is -0.404 e. The summed E-state index contributed by atoms with van der Waals surface area (Å²) in [6.07, 6.45) is 12.9. The van der Waals surface area contributed by atoms with Crippen molar-refractivity contribution in [3.63, 3.8) is 0 Å². The summed E-state index contributed by atoms with van der Waals surface area (Å²) in [5.41, 5.74) is 19.4. The fraction of sp³-hybridized carbons (Fsp3) is 0.0938. The van der Waals surface area contributed by atoms with Gasteiger partial charge in [0.1, 0.15) is 5.82 Å². The molecule has 1 heterocycles. The fourth-order valence-electron chi connectivity index (χ4n) is 3.56. The van der Waals surface area contributed by atoms with Crippen LogP contribution in [0.1, 0.15) is 12.7 Å². The lowest BCUT2D eigenvalue weighted by Crippen LogP contribution is -2.12. The molecule has 0 amide bonds. The minimum absolute atomic E-state index is 0.261. The quantitative estimate of drug-likeness (QED) is 0.217. The van der Waals surface area contributed by atoms with E-state index in [1.165, 1.54) is 6.20 Å². The van der Waals surface area contributed by atoms with Gasteiger partial charge in [-0.1, -0.05) is 105 Å². The van der Waals surface area contributed by atoms with Crippen molar-refractivity contribution in [1.29, 1.82) is 0 Å². The molecule has 5 N–H and O–H groups in total. The van der Waals surface area contributed by atoms with Crippen molar-refractivity contribution in [3.05, 3.63) is 140 Å². The van der Waals surface area contributed by atoms with Crippen molar-refractivity contribution in [3.8, 4) is 11.1 Å². The molecule has 0 aliphatic heterocycles. The van der Waals surface area contributed by atoms with Crippen LogP contribution in [0.2, 0.25) is 0 Å². The second-order valence-corrected chi connectivity index (χ2v) is 7.82. The zero-order valence-corrected chi connectivity index (χ0v) is 21.5. The van der Waals surface area contributed by atoms with Crippen LogP contribution < -0.4 is 16.8 Å². The zero-order chi connectivity index (χ0) is 27.0. The molecule has 188 valence electrons. The Bertz CT molecular complexity index is 1370. The van der Waals surface area contributed by atoms with Crippen molar-refractivity contribution in [2.45, 2.75) is 6.92 Å². The summed E-state index contributed by atoms with van der Waals surface area (Å²) in [5.74, 6) is 1.24. The first-order valence-electron chi connectivity index (χ1n) is 11.8. The third kappa shape index (κ3) is 7.91. The van der Waals surface area contributed by atoms with Crippen LogP contribution in [0.4, 0.5) is 5.82 Å². The maximum Gasteiger partial charge on any atom is 0.162 e. The molecule has 3 aromatic rings. The van der Waals surface area contributed by atoms with E-state index in [0.717, 1.165) is 38.7 Å². The maximum absolute atomic E-state index is 5.94. The van der Waals surface area contributed by atoms with Gasteiger partial charge in [-0.15, -0.1) is 5.73 Å². The van der Waals surface area contributed by atoms with Crippen molar-refractivity contribution in [2.75, 3.05) is 18.4 Å². The number of nitrogens with one attached hydrogen (secondary N) is 1. The molecule has 0 fully saturated rings. The van der Waals surface area contributed by atoms with E-state index in [2.05, 4.69) is 55.6 Å². The van der Waals surface area contributed by atoms with Gasteiger partial charge in [0.2, 0.25) is 0 Å². The molecule has 37 heavy (non-hydrogen) atoms. The maximum atomic E-state index is 5.94. The van der Waals surface area contributed by atoms with Gasteiger partial charge >= 0.3 is 0 Å². The summed E-state index contributed by atoms with van der Waals surface area (Å²) in [5, 5.41) is 4.41. The molecule has 0 spiro atoms. The highest BCUT2D eigenvalue weighted by Gasteiger charge is 2.16. The van der Waals surface area contributed by atoms with Crippen LogP contribution in [-0.2, 0) is 0 Å². The molecule has 0 bridgehead atoms. The first kappa shape index (κ1) is 28.5. The van der Waals surface area contributed by atoms with Gasteiger partial charge in [0.15, 0.2) is 5.82 Å². The largest absolute Gasteiger partial charge is 0.404 e. The Labute approximate surface area is 220 Å². The number of anilines is 1. The zero-order valence-electron chi connectivity index (χ0n) is 21.5. The van der Waals surface area contributed by atoms with E-state index in [9.17, 15) is 0 Å². The number of benzene rings is 2. The molecule has 5 nitrogen and oxygen atoms in total. The number of nitrogens with two attached hydrogens (primary N) is 2. The molecular weight excluding hydrogens is 454 g/mol. The van der Waals surface area contributed by atoms with Crippen LogP contribution in [0, 0.1) is 0 Å². The second-order valence-electron chi connectivity index (χ2n) is 7.82. The Balaban J connectivity index is 0.00000153. The Hall–Kier alpha value is -4.70. The molecular formula is C32H35N5. The summed E-state index contributed by atoms with van der Waals surface area (Å²) in [4.78, 5) is 9.80. The van der Waals surface area contributed by atoms with Gasteiger partial charge < -0.3 is 16.8 Å². The summed E-state index contributed by atoms with van der Waals surface area (Å²) < 4.78 is 0. The number of fused-ring (bicyclic) bond motifs is 1. The van der Waals surface area contributed by atoms with E-state index in [4.69, 9.17) is 21.4 Å². The highest BCUT2D eigenvalue weighted by atomic mass is 15.0. The molecule has 0 saturated carbocycles. The van der Waals surface area contributed by atoms with Gasteiger partial charge in [0.05, 0.1) is 10.9 Å². The fourth-order valence-corrected chi connectivity index (χ4v) is 3.56. The Kier molecular flexibility index (Phi) is 11.8. The third-order valence-electron chi connectivity index (χ3n) is 5.22. The predicted octanol–water partition coefficient (Wildman–Crippen LogP) is 6.73. The lowest BCUT2D eigenvalue weighted by Gasteiger charge is -2.16. The van der Waals surface area contributed by atoms with E-state index < -0.39 is 0 Å². The number of rotatable bonds is 10. The summed E-state index contributed by atoms with van der Waals surface area (Å²) in [6, 6.07) is 16.3. The van der Waals surface area contributed by atoms with E-state index >= 15 is 0 Å². The van der Waals surface area contributed by atoms with Gasteiger partial charge in [-0.05, 0) is 41.5 Å².